The lowest BCUT2D eigenvalue weighted by molar-refractivity contribution is 1.73. The second-order valence-corrected chi connectivity index (χ2v) is 12.3. The topological polar surface area (TPSA) is 0 Å². The number of hydrogen-bond donors (Lipinski definition) is 0. The molecule has 0 radical (unpaired) electrons. The summed E-state index contributed by atoms with van der Waals surface area (Å²) in [7, 11) is 0. The molecule has 1 heterocycles. The van der Waals surface area contributed by atoms with Gasteiger partial charge in [0.25, 0.3) is 0 Å². The summed E-state index contributed by atoms with van der Waals surface area (Å²) in [6, 6.07) is 49.8. The van der Waals surface area contributed by atoms with Crippen molar-refractivity contribution in [3.63, 3.8) is 0 Å². The SMILES string of the molecule is c1ccc2c(c1)ccc1sc3c(-c4ccc5c(c4)c4cccc6c7ccccc7c7cccc5c7c64)cccc3c12. The van der Waals surface area contributed by atoms with Gasteiger partial charge in [0.1, 0.15) is 0 Å². The van der Waals surface area contributed by atoms with Crippen LogP contribution in [0.15, 0.2) is 133 Å². The summed E-state index contributed by atoms with van der Waals surface area (Å²) in [4.78, 5) is 0. The molecule has 0 atom stereocenters. The normalized spacial score (nSPS) is 12.4. The largest absolute Gasteiger partial charge is 0.135 e. The molecule has 0 saturated heterocycles. The Bertz CT molecular complexity index is 2690. The molecule has 0 unspecified atom stereocenters. The smallest absolute Gasteiger partial charge is 0.0434 e. The summed E-state index contributed by atoms with van der Waals surface area (Å²) in [5, 5.41) is 18.8. The first kappa shape index (κ1) is 21.8. The van der Waals surface area contributed by atoms with E-state index in [1.807, 2.05) is 11.3 Å². The van der Waals surface area contributed by atoms with Crippen molar-refractivity contribution in [1.29, 1.82) is 0 Å². The fourth-order valence-corrected chi connectivity index (χ4v) is 8.71. The van der Waals surface area contributed by atoms with E-state index in [-0.39, 0.29) is 0 Å². The van der Waals surface area contributed by atoms with E-state index in [1.165, 1.54) is 95.9 Å². The molecular weight excluding hydrogens is 513 g/mol. The highest BCUT2D eigenvalue weighted by Gasteiger charge is 2.18. The number of hydrogen-bond acceptors (Lipinski definition) is 1. The third-order valence-electron chi connectivity index (χ3n) is 9.18. The highest BCUT2D eigenvalue weighted by Crippen LogP contribution is 2.47. The quantitative estimate of drug-likeness (QED) is 0.145. The van der Waals surface area contributed by atoms with Crippen LogP contribution in [-0.2, 0) is 0 Å². The van der Waals surface area contributed by atoms with Crippen LogP contribution in [0.2, 0.25) is 0 Å². The van der Waals surface area contributed by atoms with E-state index in [2.05, 4.69) is 133 Å². The standard InChI is InChI=1S/C40H22S/c1-2-9-25-23(8-1)19-21-36-37(25)34-17-5-12-26(40(34)41-36)24-18-20-29-32-15-6-13-30-27-10-3-4-11-28(27)31-14-7-16-33(35(29)22-24)39(31)38(30)32/h1-22H. The van der Waals surface area contributed by atoms with Crippen LogP contribution < -0.4 is 0 Å². The maximum atomic E-state index is 2.44. The van der Waals surface area contributed by atoms with Gasteiger partial charge in [-0.05, 0) is 87.9 Å². The first-order valence-corrected chi connectivity index (χ1v) is 15.0. The first-order valence-electron chi connectivity index (χ1n) is 14.2. The van der Waals surface area contributed by atoms with Crippen LogP contribution in [0.4, 0.5) is 0 Å². The molecule has 188 valence electrons. The van der Waals surface area contributed by atoms with Crippen molar-refractivity contribution in [2.75, 3.05) is 0 Å². The molecule has 0 bridgehead atoms. The van der Waals surface area contributed by atoms with Crippen LogP contribution in [0, 0.1) is 0 Å². The Balaban J connectivity index is 1.34. The third kappa shape index (κ3) is 2.79. The average Bonchev–Trinajstić information content (AvgIpc) is 3.44. The van der Waals surface area contributed by atoms with Gasteiger partial charge in [0.15, 0.2) is 0 Å². The second kappa shape index (κ2) is 7.81. The van der Waals surface area contributed by atoms with E-state index in [9.17, 15) is 0 Å². The molecule has 0 N–H and O–H groups in total. The Morgan fingerprint density at radius 3 is 1.63 bits per heavy atom. The summed E-state index contributed by atoms with van der Waals surface area (Å²) in [6.07, 6.45) is 0. The molecule has 0 spiro atoms. The van der Waals surface area contributed by atoms with Gasteiger partial charge < -0.3 is 0 Å². The van der Waals surface area contributed by atoms with Gasteiger partial charge in [-0.15, -0.1) is 11.3 Å². The summed E-state index contributed by atoms with van der Waals surface area (Å²) in [5.74, 6) is 0. The van der Waals surface area contributed by atoms with E-state index in [4.69, 9.17) is 0 Å². The predicted octanol–water partition coefficient (Wildman–Crippen LogP) is 12.1. The molecule has 41 heavy (non-hydrogen) atoms. The van der Waals surface area contributed by atoms with E-state index < -0.39 is 0 Å². The van der Waals surface area contributed by atoms with Gasteiger partial charge in [-0.25, -0.2) is 0 Å². The van der Waals surface area contributed by atoms with Crippen molar-refractivity contribution in [2.45, 2.75) is 0 Å². The minimum atomic E-state index is 1.28. The number of thiophene rings is 1. The van der Waals surface area contributed by atoms with Crippen molar-refractivity contribution in [2.24, 2.45) is 0 Å². The minimum Gasteiger partial charge on any atom is -0.135 e. The van der Waals surface area contributed by atoms with Gasteiger partial charge in [-0.2, -0.15) is 0 Å². The van der Waals surface area contributed by atoms with E-state index in [0.29, 0.717) is 0 Å². The molecule has 10 aromatic rings. The van der Waals surface area contributed by atoms with Crippen molar-refractivity contribution in [3.05, 3.63) is 133 Å². The van der Waals surface area contributed by atoms with E-state index in [0.717, 1.165) is 0 Å². The van der Waals surface area contributed by atoms with Crippen molar-refractivity contribution >= 4 is 96.1 Å². The van der Waals surface area contributed by atoms with Crippen molar-refractivity contribution < 1.29 is 0 Å². The van der Waals surface area contributed by atoms with E-state index in [1.54, 1.807) is 0 Å². The number of rotatable bonds is 1. The predicted molar refractivity (Wildman–Crippen MR) is 181 cm³/mol. The van der Waals surface area contributed by atoms with Crippen LogP contribution in [0.3, 0.4) is 0 Å². The highest BCUT2D eigenvalue weighted by molar-refractivity contribution is 7.26. The summed E-state index contributed by atoms with van der Waals surface area (Å²) >= 11 is 1.92. The minimum absolute atomic E-state index is 1.28. The van der Waals surface area contributed by atoms with Gasteiger partial charge in [-0.1, -0.05) is 121 Å². The molecule has 0 amide bonds. The summed E-state index contributed by atoms with van der Waals surface area (Å²) in [5.41, 5.74) is 2.59. The molecule has 9 aromatic carbocycles. The molecule has 0 fully saturated rings. The van der Waals surface area contributed by atoms with Crippen molar-refractivity contribution in [3.8, 4) is 11.1 Å². The Hall–Kier alpha value is -4.98. The van der Waals surface area contributed by atoms with Gasteiger partial charge >= 0.3 is 0 Å². The molecule has 0 aliphatic rings. The second-order valence-electron chi connectivity index (χ2n) is 11.2. The molecule has 0 aliphatic heterocycles. The lowest BCUT2D eigenvalue weighted by atomic mass is 9.85. The molecule has 1 heteroatoms. The van der Waals surface area contributed by atoms with Crippen LogP contribution in [0.1, 0.15) is 0 Å². The number of benzene rings is 9. The summed E-state index contributed by atoms with van der Waals surface area (Å²) < 4.78 is 2.71. The van der Waals surface area contributed by atoms with Crippen LogP contribution in [-0.4, -0.2) is 0 Å². The van der Waals surface area contributed by atoms with Crippen LogP contribution in [0.25, 0.3) is 95.9 Å². The summed E-state index contributed by atoms with van der Waals surface area (Å²) in [6.45, 7) is 0. The monoisotopic (exact) mass is 534 g/mol. The average molecular weight is 535 g/mol. The van der Waals surface area contributed by atoms with Gasteiger partial charge in [0.05, 0.1) is 0 Å². The maximum absolute atomic E-state index is 2.44. The Morgan fingerprint density at radius 2 is 0.902 bits per heavy atom. The fourth-order valence-electron chi connectivity index (χ4n) is 7.46. The Morgan fingerprint density at radius 1 is 0.341 bits per heavy atom. The first-order chi connectivity index (χ1) is 20.3. The third-order valence-corrected chi connectivity index (χ3v) is 10.4. The van der Waals surface area contributed by atoms with Gasteiger partial charge in [-0.3, -0.25) is 0 Å². The van der Waals surface area contributed by atoms with Crippen LogP contribution >= 0.6 is 11.3 Å². The zero-order valence-corrected chi connectivity index (χ0v) is 22.9. The zero-order valence-electron chi connectivity index (χ0n) is 22.1. The highest BCUT2D eigenvalue weighted by atomic mass is 32.1. The molecule has 1 aromatic heterocycles. The molecule has 0 saturated carbocycles. The van der Waals surface area contributed by atoms with Gasteiger partial charge in [0, 0.05) is 20.2 Å². The molecule has 10 rings (SSSR count). The van der Waals surface area contributed by atoms with Gasteiger partial charge in [0.2, 0.25) is 0 Å². The Kier molecular flexibility index (Phi) is 4.15. The lowest BCUT2D eigenvalue weighted by Crippen LogP contribution is -1.90. The number of fused-ring (bicyclic) bond motifs is 11. The van der Waals surface area contributed by atoms with E-state index >= 15 is 0 Å². The molecule has 0 nitrogen and oxygen atoms in total. The van der Waals surface area contributed by atoms with Crippen molar-refractivity contribution in [1.82, 2.24) is 0 Å². The zero-order chi connectivity index (χ0) is 26.7. The fraction of sp³-hybridized carbons (Fsp3) is 0. The molecular formula is C40H22S. The maximum Gasteiger partial charge on any atom is 0.0434 e. The van der Waals surface area contributed by atoms with Crippen LogP contribution in [0.5, 0.6) is 0 Å². The molecule has 0 aliphatic carbocycles. The lowest BCUT2D eigenvalue weighted by Gasteiger charge is -2.18. The Labute approximate surface area is 240 Å².